The summed E-state index contributed by atoms with van der Waals surface area (Å²) in [6.07, 6.45) is 8.94. The standard InChI is InChI=1S/C12H23N3/c1-3-5-7-13-11-12-14-8-10-15(12)9-6-4-2/h8,10,13H,3-7,9,11H2,1-2H3. The predicted octanol–water partition coefficient (Wildman–Crippen LogP) is 2.57. The Balaban J connectivity index is 2.29. The number of aryl methyl sites for hydroxylation is 1. The van der Waals surface area contributed by atoms with Crippen molar-refractivity contribution in [3.05, 3.63) is 18.2 Å². The number of hydrogen-bond donors (Lipinski definition) is 1. The lowest BCUT2D eigenvalue weighted by molar-refractivity contribution is 0.561. The lowest BCUT2D eigenvalue weighted by atomic mass is 10.3. The first-order valence-corrected chi connectivity index (χ1v) is 6.09. The second kappa shape index (κ2) is 7.46. The van der Waals surface area contributed by atoms with Crippen molar-refractivity contribution in [3.63, 3.8) is 0 Å². The van der Waals surface area contributed by atoms with Crippen LogP contribution in [-0.2, 0) is 13.1 Å². The minimum absolute atomic E-state index is 0.900. The maximum atomic E-state index is 4.37. The molecule has 0 fully saturated rings. The number of nitrogens with zero attached hydrogens (tertiary/aromatic N) is 2. The first-order valence-electron chi connectivity index (χ1n) is 6.09. The van der Waals surface area contributed by atoms with E-state index < -0.39 is 0 Å². The minimum atomic E-state index is 0.900. The van der Waals surface area contributed by atoms with Crippen LogP contribution in [0, 0.1) is 0 Å². The average molecular weight is 209 g/mol. The zero-order valence-corrected chi connectivity index (χ0v) is 10.00. The van der Waals surface area contributed by atoms with Crippen LogP contribution in [0.2, 0.25) is 0 Å². The second-order valence-electron chi connectivity index (χ2n) is 3.92. The highest BCUT2D eigenvalue weighted by Crippen LogP contribution is 2.01. The van der Waals surface area contributed by atoms with Gasteiger partial charge in [-0.1, -0.05) is 26.7 Å². The summed E-state index contributed by atoms with van der Waals surface area (Å²) in [5.41, 5.74) is 0. The van der Waals surface area contributed by atoms with Gasteiger partial charge in [0.25, 0.3) is 0 Å². The number of imidazole rings is 1. The Morgan fingerprint density at radius 3 is 2.80 bits per heavy atom. The number of unbranched alkanes of at least 4 members (excludes halogenated alkanes) is 2. The van der Waals surface area contributed by atoms with Crippen molar-refractivity contribution in [2.75, 3.05) is 6.54 Å². The molecule has 0 aromatic carbocycles. The molecule has 0 saturated heterocycles. The molecule has 86 valence electrons. The topological polar surface area (TPSA) is 29.9 Å². The quantitative estimate of drug-likeness (QED) is 0.667. The molecular weight excluding hydrogens is 186 g/mol. The largest absolute Gasteiger partial charge is 0.334 e. The molecule has 3 heteroatoms. The van der Waals surface area contributed by atoms with Crippen molar-refractivity contribution < 1.29 is 0 Å². The smallest absolute Gasteiger partial charge is 0.122 e. The van der Waals surface area contributed by atoms with Crippen molar-refractivity contribution in [2.24, 2.45) is 0 Å². The summed E-state index contributed by atoms with van der Waals surface area (Å²) in [6.45, 7) is 7.52. The summed E-state index contributed by atoms with van der Waals surface area (Å²) in [7, 11) is 0. The van der Waals surface area contributed by atoms with Gasteiger partial charge in [0, 0.05) is 18.9 Å². The van der Waals surface area contributed by atoms with Crippen molar-refractivity contribution >= 4 is 0 Å². The monoisotopic (exact) mass is 209 g/mol. The first-order chi connectivity index (χ1) is 7.38. The molecule has 1 heterocycles. The molecule has 0 amide bonds. The summed E-state index contributed by atoms with van der Waals surface area (Å²) in [5.74, 6) is 1.17. The Labute approximate surface area is 92.9 Å². The van der Waals surface area contributed by atoms with Crippen molar-refractivity contribution in [1.82, 2.24) is 14.9 Å². The molecule has 15 heavy (non-hydrogen) atoms. The third-order valence-electron chi connectivity index (χ3n) is 2.54. The maximum absolute atomic E-state index is 4.37. The van der Waals surface area contributed by atoms with Crippen LogP contribution in [0.25, 0.3) is 0 Å². The minimum Gasteiger partial charge on any atom is -0.334 e. The van der Waals surface area contributed by atoms with Gasteiger partial charge >= 0.3 is 0 Å². The van der Waals surface area contributed by atoms with E-state index in [1.807, 2.05) is 6.20 Å². The highest BCUT2D eigenvalue weighted by molar-refractivity contribution is 4.91. The fourth-order valence-electron chi connectivity index (χ4n) is 1.54. The summed E-state index contributed by atoms with van der Waals surface area (Å²) < 4.78 is 2.25. The van der Waals surface area contributed by atoms with Gasteiger partial charge in [0.2, 0.25) is 0 Å². The van der Waals surface area contributed by atoms with Gasteiger partial charge in [0.15, 0.2) is 0 Å². The Kier molecular flexibility index (Phi) is 6.09. The second-order valence-corrected chi connectivity index (χ2v) is 3.92. The Morgan fingerprint density at radius 2 is 2.07 bits per heavy atom. The fraction of sp³-hybridized carbons (Fsp3) is 0.750. The highest BCUT2D eigenvalue weighted by Gasteiger charge is 2.00. The van der Waals surface area contributed by atoms with E-state index in [0.29, 0.717) is 0 Å². The Bertz CT molecular complexity index is 255. The molecule has 0 spiro atoms. The fourth-order valence-corrected chi connectivity index (χ4v) is 1.54. The van der Waals surface area contributed by atoms with E-state index in [1.54, 1.807) is 0 Å². The molecule has 1 rings (SSSR count). The Morgan fingerprint density at radius 1 is 1.27 bits per heavy atom. The molecule has 0 radical (unpaired) electrons. The lowest BCUT2D eigenvalue weighted by Crippen LogP contribution is -2.18. The van der Waals surface area contributed by atoms with Crippen LogP contribution in [0.3, 0.4) is 0 Å². The molecule has 1 aromatic rings. The van der Waals surface area contributed by atoms with Gasteiger partial charge in [0.1, 0.15) is 5.82 Å². The van der Waals surface area contributed by atoms with Crippen molar-refractivity contribution in [2.45, 2.75) is 52.6 Å². The molecule has 0 saturated carbocycles. The van der Waals surface area contributed by atoms with Crippen molar-refractivity contribution in [3.8, 4) is 0 Å². The Hall–Kier alpha value is -0.830. The third kappa shape index (κ3) is 4.47. The molecule has 0 aliphatic carbocycles. The van der Waals surface area contributed by atoms with Gasteiger partial charge in [-0.15, -0.1) is 0 Å². The van der Waals surface area contributed by atoms with E-state index in [2.05, 4.69) is 34.9 Å². The molecule has 0 bridgehead atoms. The van der Waals surface area contributed by atoms with E-state index in [9.17, 15) is 0 Å². The zero-order chi connectivity index (χ0) is 10.9. The molecule has 1 N–H and O–H groups in total. The van der Waals surface area contributed by atoms with Gasteiger partial charge in [-0.2, -0.15) is 0 Å². The number of nitrogens with one attached hydrogen (secondary N) is 1. The van der Waals surface area contributed by atoms with E-state index in [4.69, 9.17) is 0 Å². The third-order valence-corrected chi connectivity index (χ3v) is 2.54. The van der Waals surface area contributed by atoms with E-state index in [1.165, 1.54) is 31.5 Å². The molecule has 0 atom stereocenters. The molecule has 0 aliphatic heterocycles. The van der Waals surface area contributed by atoms with Gasteiger partial charge in [-0.25, -0.2) is 4.98 Å². The normalized spacial score (nSPS) is 10.8. The van der Waals surface area contributed by atoms with E-state index in [-0.39, 0.29) is 0 Å². The van der Waals surface area contributed by atoms with Crippen LogP contribution < -0.4 is 5.32 Å². The highest BCUT2D eigenvalue weighted by atomic mass is 15.1. The summed E-state index contributed by atoms with van der Waals surface area (Å²) >= 11 is 0. The van der Waals surface area contributed by atoms with Crippen LogP contribution in [-0.4, -0.2) is 16.1 Å². The van der Waals surface area contributed by atoms with Crippen LogP contribution in [0.1, 0.15) is 45.4 Å². The van der Waals surface area contributed by atoms with E-state index >= 15 is 0 Å². The number of aromatic nitrogens is 2. The molecule has 1 aromatic heterocycles. The van der Waals surface area contributed by atoms with E-state index in [0.717, 1.165) is 19.6 Å². The van der Waals surface area contributed by atoms with Gasteiger partial charge in [0.05, 0.1) is 6.54 Å². The van der Waals surface area contributed by atoms with Crippen LogP contribution in [0.4, 0.5) is 0 Å². The van der Waals surface area contributed by atoms with Crippen LogP contribution in [0.15, 0.2) is 12.4 Å². The van der Waals surface area contributed by atoms with Crippen LogP contribution in [0.5, 0.6) is 0 Å². The van der Waals surface area contributed by atoms with Gasteiger partial charge in [-0.3, -0.25) is 0 Å². The predicted molar refractivity (Wildman–Crippen MR) is 63.7 cm³/mol. The summed E-state index contributed by atoms with van der Waals surface area (Å²) in [6, 6.07) is 0. The molecule has 0 unspecified atom stereocenters. The summed E-state index contributed by atoms with van der Waals surface area (Å²) in [5, 5.41) is 3.42. The number of hydrogen-bond acceptors (Lipinski definition) is 2. The number of rotatable bonds is 8. The van der Waals surface area contributed by atoms with Gasteiger partial charge < -0.3 is 9.88 Å². The molecule has 3 nitrogen and oxygen atoms in total. The molecule has 0 aliphatic rings. The molecular formula is C12H23N3. The van der Waals surface area contributed by atoms with Gasteiger partial charge in [-0.05, 0) is 19.4 Å². The lowest BCUT2D eigenvalue weighted by Gasteiger charge is -2.07. The summed E-state index contributed by atoms with van der Waals surface area (Å²) in [4.78, 5) is 4.37. The van der Waals surface area contributed by atoms with Crippen molar-refractivity contribution in [1.29, 1.82) is 0 Å². The first kappa shape index (κ1) is 12.2. The zero-order valence-electron chi connectivity index (χ0n) is 10.00. The average Bonchev–Trinajstić information content (AvgIpc) is 2.69. The van der Waals surface area contributed by atoms with Crippen LogP contribution >= 0.6 is 0 Å². The SMILES string of the molecule is CCCCNCc1nccn1CCCC. The maximum Gasteiger partial charge on any atom is 0.122 e.